The van der Waals surface area contributed by atoms with Gasteiger partial charge >= 0.3 is 5.82 Å². The number of hydrogen-bond acceptors (Lipinski definition) is 6. The molecule has 0 bridgehead atoms. The van der Waals surface area contributed by atoms with Crippen molar-refractivity contribution in [3.63, 3.8) is 0 Å². The molecule has 0 saturated heterocycles. The predicted molar refractivity (Wildman–Crippen MR) is 70.2 cm³/mol. The minimum absolute atomic E-state index is 0.206. The van der Waals surface area contributed by atoms with Crippen LogP contribution in [0.15, 0.2) is 12.3 Å². The second-order valence-corrected chi connectivity index (χ2v) is 4.25. The van der Waals surface area contributed by atoms with Gasteiger partial charge in [-0.25, -0.2) is 0 Å². The van der Waals surface area contributed by atoms with Gasteiger partial charge in [0.2, 0.25) is 0 Å². The summed E-state index contributed by atoms with van der Waals surface area (Å²) in [7, 11) is 1.57. The Bertz CT molecular complexity index is 752. The van der Waals surface area contributed by atoms with Crippen LogP contribution in [-0.4, -0.2) is 30.4 Å². The number of nitro groups is 1. The quantitative estimate of drug-likeness (QED) is 0.637. The first-order chi connectivity index (χ1) is 9.92. The van der Waals surface area contributed by atoms with Crippen LogP contribution in [0.5, 0.6) is 0 Å². The Morgan fingerprint density at radius 2 is 2.33 bits per heavy atom. The monoisotopic (exact) mass is 289 g/mol. The number of anilines is 1. The van der Waals surface area contributed by atoms with Crippen LogP contribution in [-0.2, 0) is 18.4 Å². The zero-order chi connectivity index (χ0) is 15.6. The van der Waals surface area contributed by atoms with Crippen LogP contribution in [0.1, 0.15) is 11.3 Å². The lowest BCUT2D eigenvalue weighted by atomic mass is 10.3. The van der Waals surface area contributed by atoms with E-state index in [1.54, 1.807) is 14.0 Å². The number of amides is 1. The van der Waals surface area contributed by atoms with Gasteiger partial charge in [0.1, 0.15) is 17.5 Å². The predicted octanol–water partition coefficient (Wildman–Crippen LogP) is 0.344. The summed E-state index contributed by atoms with van der Waals surface area (Å²) >= 11 is 0. The molecule has 21 heavy (non-hydrogen) atoms. The molecule has 0 unspecified atom stereocenters. The standard InChI is InChI=1S/C11H11N7O3/c1-7-3-10(18(20)21)17(15-7)6-9(19)14-11-8(4-12)5-13-16(11)2/h3,5H,6H2,1-2H3,(H,14,19). The number of rotatable bonds is 4. The number of nitriles is 1. The van der Waals surface area contributed by atoms with E-state index in [2.05, 4.69) is 15.5 Å². The maximum atomic E-state index is 11.9. The molecule has 0 atom stereocenters. The van der Waals surface area contributed by atoms with Crippen molar-refractivity contribution >= 4 is 17.5 Å². The van der Waals surface area contributed by atoms with Gasteiger partial charge in [0, 0.05) is 7.05 Å². The van der Waals surface area contributed by atoms with Gasteiger partial charge in [-0.3, -0.25) is 9.48 Å². The maximum absolute atomic E-state index is 11.9. The van der Waals surface area contributed by atoms with E-state index in [0.717, 1.165) is 4.68 Å². The number of aryl methyl sites for hydroxylation is 2. The lowest BCUT2D eigenvalue weighted by Gasteiger charge is -2.04. The Morgan fingerprint density at radius 1 is 1.62 bits per heavy atom. The molecule has 10 heteroatoms. The average Bonchev–Trinajstić information content (AvgIpc) is 2.94. The van der Waals surface area contributed by atoms with Crippen molar-refractivity contribution in [1.29, 1.82) is 5.26 Å². The van der Waals surface area contributed by atoms with Crippen molar-refractivity contribution in [2.45, 2.75) is 13.5 Å². The molecule has 108 valence electrons. The van der Waals surface area contributed by atoms with Crippen LogP contribution < -0.4 is 5.32 Å². The zero-order valence-electron chi connectivity index (χ0n) is 11.3. The van der Waals surface area contributed by atoms with Gasteiger partial charge in [0.05, 0.1) is 18.0 Å². The molecule has 0 radical (unpaired) electrons. The molecule has 2 heterocycles. The lowest BCUT2D eigenvalue weighted by Crippen LogP contribution is -2.22. The topological polar surface area (TPSA) is 132 Å². The highest BCUT2D eigenvalue weighted by molar-refractivity contribution is 5.91. The molecule has 0 aliphatic heterocycles. The highest BCUT2D eigenvalue weighted by Gasteiger charge is 2.20. The van der Waals surface area contributed by atoms with Gasteiger partial charge in [0.25, 0.3) is 5.91 Å². The molecular formula is C11H11N7O3. The minimum atomic E-state index is -0.613. The van der Waals surface area contributed by atoms with E-state index in [1.807, 2.05) is 6.07 Å². The molecule has 1 N–H and O–H groups in total. The normalized spacial score (nSPS) is 10.1. The minimum Gasteiger partial charge on any atom is -0.358 e. The number of aromatic nitrogens is 4. The Kier molecular flexibility index (Phi) is 3.66. The summed E-state index contributed by atoms with van der Waals surface area (Å²) in [4.78, 5) is 22.2. The van der Waals surface area contributed by atoms with Gasteiger partial charge in [-0.1, -0.05) is 5.10 Å². The third-order valence-corrected chi connectivity index (χ3v) is 2.68. The second-order valence-electron chi connectivity index (χ2n) is 4.25. The molecule has 0 saturated carbocycles. The van der Waals surface area contributed by atoms with E-state index in [9.17, 15) is 14.9 Å². The molecule has 1 amide bonds. The fourth-order valence-corrected chi connectivity index (χ4v) is 1.77. The van der Waals surface area contributed by atoms with E-state index < -0.39 is 10.8 Å². The highest BCUT2D eigenvalue weighted by atomic mass is 16.6. The number of nitrogens with zero attached hydrogens (tertiary/aromatic N) is 6. The Hall–Kier alpha value is -3.22. The number of carbonyl (C=O) groups excluding carboxylic acids is 1. The number of hydrogen-bond donors (Lipinski definition) is 1. The molecular weight excluding hydrogens is 278 g/mol. The summed E-state index contributed by atoms with van der Waals surface area (Å²) in [5.74, 6) is -0.580. The van der Waals surface area contributed by atoms with Crippen LogP contribution in [0, 0.1) is 28.4 Å². The van der Waals surface area contributed by atoms with Gasteiger partial charge in [-0.2, -0.15) is 10.4 Å². The Balaban J connectivity index is 2.18. The van der Waals surface area contributed by atoms with Crippen molar-refractivity contribution in [1.82, 2.24) is 19.6 Å². The van der Waals surface area contributed by atoms with Crippen LogP contribution >= 0.6 is 0 Å². The maximum Gasteiger partial charge on any atom is 0.345 e. The van der Waals surface area contributed by atoms with Crippen molar-refractivity contribution in [3.05, 3.63) is 33.6 Å². The van der Waals surface area contributed by atoms with Gasteiger partial charge < -0.3 is 15.4 Å². The lowest BCUT2D eigenvalue weighted by molar-refractivity contribution is -0.392. The summed E-state index contributed by atoms with van der Waals surface area (Å²) in [5, 5.41) is 30.0. The molecule has 2 aromatic rings. The van der Waals surface area contributed by atoms with Crippen LogP contribution in [0.25, 0.3) is 0 Å². The van der Waals surface area contributed by atoms with Crippen LogP contribution in [0.2, 0.25) is 0 Å². The van der Waals surface area contributed by atoms with Crippen molar-refractivity contribution < 1.29 is 9.72 Å². The molecule has 10 nitrogen and oxygen atoms in total. The Labute approximate surface area is 118 Å². The van der Waals surface area contributed by atoms with Gasteiger partial charge in [-0.05, 0) is 11.8 Å². The summed E-state index contributed by atoms with van der Waals surface area (Å²) in [6.45, 7) is 1.26. The largest absolute Gasteiger partial charge is 0.358 e. The SMILES string of the molecule is Cc1cc([N+](=O)[O-])n(CC(=O)Nc2c(C#N)cnn2C)n1. The molecule has 2 rings (SSSR count). The molecule has 2 aromatic heterocycles. The first kappa shape index (κ1) is 14.2. The van der Waals surface area contributed by atoms with Gasteiger partial charge in [0.15, 0.2) is 6.54 Å². The van der Waals surface area contributed by atoms with Crippen LogP contribution in [0.4, 0.5) is 11.6 Å². The average molecular weight is 289 g/mol. The molecule has 0 aliphatic rings. The van der Waals surface area contributed by atoms with E-state index in [0.29, 0.717) is 5.69 Å². The second kappa shape index (κ2) is 5.41. The third kappa shape index (κ3) is 2.86. The van der Waals surface area contributed by atoms with Crippen molar-refractivity contribution in [2.75, 3.05) is 5.32 Å². The van der Waals surface area contributed by atoms with Crippen molar-refractivity contribution in [3.8, 4) is 6.07 Å². The highest BCUT2D eigenvalue weighted by Crippen LogP contribution is 2.15. The molecule has 0 aliphatic carbocycles. The summed E-state index contributed by atoms with van der Waals surface area (Å²) in [5.41, 5.74) is 0.643. The number of nitrogens with one attached hydrogen (secondary N) is 1. The van der Waals surface area contributed by atoms with E-state index in [-0.39, 0.29) is 23.7 Å². The van der Waals surface area contributed by atoms with E-state index in [1.165, 1.54) is 16.9 Å². The van der Waals surface area contributed by atoms with Gasteiger partial charge in [-0.15, -0.1) is 4.68 Å². The fourth-order valence-electron chi connectivity index (χ4n) is 1.77. The Morgan fingerprint density at radius 3 is 2.95 bits per heavy atom. The third-order valence-electron chi connectivity index (χ3n) is 2.68. The fraction of sp³-hybridized carbons (Fsp3) is 0.273. The summed E-state index contributed by atoms with van der Waals surface area (Å²) in [6, 6.07) is 3.17. The van der Waals surface area contributed by atoms with Crippen LogP contribution in [0.3, 0.4) is 0 Å². The first-order valence-electron chi connectivity index (χ1n) is 5.83. The van der Waals surface area contributed by atoms with E-state index >= 15 is 0 Å². The molecule has 0 spiro atoms. The van der Waals surface area contributed by atoms with E-state index in [4.69, 9.17) is 5.26 Å². The molecule has 0 aromatic carbocycles. The smallest absolute Gasteiger partial charge is 0.345 e. The number of carbonyl (C=O) groups is 1. The van der Waals surface area contributed by atoms with Crippen molar-refractivity contribution in [2.24, 2.45) is 7.05 Å². The zero-order valence-corrected chi connectivity index (χ0v) is 11.3. The first-order valence-corrected chi connectivity index (χ1v) is 5.83. The molecule has 0 fully saturated rings. The summed E-state index contributed by atoms with van der Waals surface area (Å²) in [6.07, 6.45) is 1.32. The summed E-state index contributed by atoms with van der Waals surface area (Å²) < 4.78 is 2.33.